The van der Waals surface area contributed by atoms with Crippen molar-refractivity contribution in [3.05, 3.63) is 83.9 Å². The van der Waals surface area contributed by atoms with Gasteiger partial charge in [-0.05, 0) is 84.8 Å². The van der Waals surface area contributed by atoms with Crippen LogP contribution in [0.5, 0.6) is 11.5 Å². The van der Waals surface area contributed by atoms with E-state index in [2.05, 4.69) is 11.9 Å². The monoisotopic (exact) mass is 444 g/mol. The zero-order valence-electron chi connectivity index (χ0n) is 19.7. The first-order valence-corrected chi connectivity index (χ1v) is 11.4. The molecule has 0 unspecified atom stereocenters. The molecule has 0 saturated carbocycles. The maximum Gasteiger partial charge on any atom is 0.343 e. The predicted molar refractivity (Wildman–Crippen MR) is 136 cm³/mol. The summed E-state index contributed by atoms with van der Waals surface area (Å²) < 4.78 is 11.2. The average Bonchev–Trinajstić information content (AvgIpc) is 2.84. The summed E-state index contributed by atoms with van der Waals surface area (Å²) in [4.78, 5) is 19.0. The van der Waals surface area contributed by atoms with Crippen LogP contribution >= 0.6 is 0 Å². The largest absolute Gasteiger partial charge is 0.494 e. The number of nitrogens with zero attached hydrogens (tertiary/aromatic N) is 2. The van der Waals surface area contributed by atoms with Gasteiger partial charge in [0, 0.05) is 26.0 Å². The molecule has 0 atom stereocenters. The van der Waals surface area contributed by atoms with Crippen molar-refractivity contribution >= 4 is 23.6 Å². The Kier molecular flexibility index (Phi) is 9.07. The molecule has 3 aromatic rings. The summed E-state index contributed by atoms with van der Waals surface area (Å²) in [5.41, 5.74) is 3.42. The summed E-state index contributed by atoms with van der Waals surface area (Å²) in [6, 6.07) is 22.4. The van der Waals surface area contributed by atoms with Crippen molar-refractivity contribution in [3.63, 3.8) is 0 Å². The summed E-state index contributed by atoms with van der Waals surface area (Å²) in [5.74, 6) is 0.860. The molecule has 0 fully saturated rings. The van der Waals surface area contributed by atoms with E-state index in [0.29, 0.717) is 17.9 Å². The molecule has 0 N–H and O–H groups in total. The number of aliphatic imine (C=N–C) groups is 1. The third-order valence-corrected chi connectivity index (χ3v) is 5.18. The van der Waals surface area contributed by atoms with Crippen molar-refractivity contribution < 1.29 is 14.3 Å². The molecule has 0 aliphatic heterocycles. The molecule has 5 nitrogen and oxygen atoms in total. The molecule has 0 aliphatic rings. The topological polar surface area (TPSA) is 51.1 Å². The van der Waals surface area contributed by atoms with Crippen LogP contribution in [0.1, 0.15) is 48.5 Å². The predicted octanol–water partition coefficient (Wildman–Crippen LogP) is 6.68. The average molecular weight is 445 g/mol. The lowest BCUT2D eigenvalue weighted by atomic mass is 10.2. The molecule has 0 aromatic heterocycles. The van der Waals surface area contributed by atoms with Gasteiger partial charge in [-0.2, -0.15) is 0 Å². The van der Waals surface area contributed by atoms with Crippen molar-refractivity contribution in [2.24, 2.45) is 4.99 Å². The number of carbonyl (C=O) groups excluding carboxylic acids is 1. The summed E-state index contributed by atoms with van der Waals surface area (Å²) in [6.45, 7) is 2.88. The van der Waals surface area contributed by atoms with Crippen LogP contribution in [0.25, 0.3) is 0 Å². The van der Waals surface area contributed by atoms with Crippen molar-refractivity contribution in [1.29, 1.82) is 0 Å². The second-order valence-corrected chi connectivity index (χ2v) is 8.06. The van der Waals surface area contributed by atoms with E-state index >= 15 is 0 Å². The molecule has 0 bridgehead atoms. The van der Waals surface area contributed by atoms with Gasteiger partial charge in [0.2, 0.25) is 0 Å². The Labute approximate surface area is 196 Å². The van der Waals surface area contributed by atoms with Crippen LogP contribution in [-0.4, -0.2) is 32.9 Å². The fraction of sp³-hybridized carbons (Fsp3) is 0.286. The minimum Gasteiger partial charge on any atom is -0.494 e. The van der Waals surface area contributed by atoms with Crippen LogP contribution in [0, 0.1) is 0 Å². The van der Waals surface area contributed by atoms with E-state index in [4.69, 9.17) is 9.47 Å². The van der Waals surface area contributed by atoms with E-state index in [9.17, 15) is 4.79 Å². The highest BCUT2D eigenvalue weighted by atomic mass is 16.5. The van der Waals surface area contributed by atoms with E-state index in [1.54, 1.807) is 42.6 Å². The molecular weight excluding hydrogens is 412 g/mol. The fourth-order valence-electron chi connectivity index (χ4n) is 3.18. The first-order chi connectivity index (χ1) is 16.0. The Balaban J connectivity index is 1.50. The quantitative estimate of drug-likeness (QED) is 0.143. The summed E-state index contributed by atoms with van der Waals surface area (Å²) >= 11 is 0. The third kappa shape index (κ3) is 7.79. The Hall–Kier alpha value is -3.60. The smallest absolute Gasteiger partial charge is 0.343 e. The number of ether oxygens (including phenoxy) is 2. The molecule has 3 aromatic carbocycles. The van der Waals surface area contributed by atoms with Gasteiger partial charge in [-0.15, -0.1) is 0 Å². The number of unbranched alkanes of at least 4 members (excludes halogenated alkanes) is 3. The zero-order valence-corrected chi connectivity index (χ0v) is 19.7. The number of benzene rings is 3. The standard InChI is InChI=1S/C28H32N2O3/c1-4-5-6-7-20-32-26-18-10-23(11-19-26)28(31)33-27-16-8-22(9-17-27)21-29-24-12-14-25(15-13-24)30(2)3/h8-19,21H,4-7,20H2,1-3H3. The van der Waals surface area contributed by atoms with Gasteiger partial charge in [-0.25, -0.2) is 4.79 Å². The number of carbonyl (C=O) groups is 1. The summed E-state index contributed by atoms with van der Waals surface area (Å²) in [7, 11) is 4.01. The number of hydrogen-bond acceptors (Lipinski definition) is 5. The maximum atomic E-state index is 12.4. The minimum absolute atomic E-state index is 0.396. The van der Waals surface area contributed by atoms with Gasteiger partial charge in [0.15, 0.2) is 0 Å². The number of anilines is 1. The lowest BCUT2D eigenvalue weighted by molar-refractivity contribution is 0.0734. The Morgan fingerprint density at radius 1 is 0.848 bits per heavy atom. The zero-order chi connectivity index (χ0) is 23.5. The summed E-state index contributed by atoms with van der Waals surface area (Å²) in [5, 5.41) is 0. The highest BCUT2D eigenvalue weighted by Gasteiger charge is 2.09. The maximum absolute atomic E-state index is 12.4. The van der Waals surface area contributed by atoms with Crippen molar-refractivity contribution in [2.75, 3.05) is 25.6 Å². The van der Waals surface area contributed by atoms with Crippen LogP contribution in [0.4, 0.5) is 11.4 Å². The lowest BCUT2D eigenvalue weighted by Gasteiger charge is -2.11. The van der Waals surface area contributed by atoms with Crippen molar-refractivity contribution in [2.45, 2.75) is 32.6 Å². The van der Waals surface area contributed by atoms with Crippen LogP contribution in [0.3, 0.4) is 0 Å². The fourth-order valence-corrected chi connectivity index (χ4v) is 3.18. The molecule has 5 heteroatoms. The molecule has 0 radical (unpaired) electrons. The van der Waals surface area contributed by atoms with Gasteiger partial charge in [-0.1, -0.05) is 26.2 Å². The van der Waals surface area contributed by atoms with E-state index in [1.165, 1.54) is 19.3 Å². The highest BCUT2D eigenvalue weighted by molar-refractivity contribution is 5.91. The van der Waals surface area contributed by atoms with Crippen LogP contribution < -0.4 is 14.4 Å². The number of rotatable bonds is 11. The van der Waals surface area contributed by atoms with Crippen molar-refractivity contribution in [3.8, 4) is 11.5 Å². The second kappa shape index (κ2) is 12.4. The highest BCUT2D eigenvalue weighted by Crippen LogP contribution is 2.19. The van der Waals surface area contributed by atoms with E-state index in [0.717, 1.165) is 29.1 Å². The molecule has 172 valence electrons. The van der Waals surface area contributed by atoms with Gasteiger partial charge in [0.1, 0.15) is 11.5 Å². The van der Waals surface area contributed by atoms with Gasteiger partial charge in [0.05, 0.1) is 17.9 Å². The normalized spacial score (nSPS) is 10.9. The number of esters is 1. The lowest BCUT2D eigenvalue weighted by Crippen LogP contribution is -2.08. The van der Waals surface area contributed by atoms with E-state index in [-0.39, 0.29) is 0 Å². The molecule has 0 spiro atoms. The van der Waals surface area contributed by atoms with Crippen LogP contribution in [0.15, 0.2) is 77.8 Å². The summed E-state index contributed by atoms with van der Waals surface area (Å²) in [6.07, 6.45) is 6.44. The SMILES string of the molecule is CCCCCCOc1ccc(C(=O)Oc2ccc(C=Nc3ccc(N(C)C)cc3)cc2)cc1. The molecule has 0 saturated heterocycles. The van der Waals surface area contributed by atoms with Gasteiger partial charge in [-0.3, -0.25) is 4.99 Å². The van der Waals surface area contributed by atoms with Gasteiger partial charge in [0.25, 0.3) is 0 Å². The Morgan fingerprint density at radius 2 is 1.52 bits per heavy atom. The molecular formula is C28H32N2O3. The van der Waals surface area contributed by atoms with Gasteiger partial charge >= 0.3 is 5.97 Å². The third-order valence-electron chi connectivity index (χ3n) is 5.18. The van der Waals surface area contributed by atoms with Crippen LogP contribution in [-0.2, 0) is 0 Å². The van der Waals surface area contributed by atoms with Crippen molar-refractivity contribution in [1.82, 2.24) is 0 Å². The molecule has 33 heavy (non-hydrogen) atoms. The van der Waals surface area contributed by atoms with Gasteiger partial charge < -0.3 is 14.4 Å². The van der Waals surface area contributed by atoms with E-state index < -0.39 is 5.97 Å². The Bertz CT molecular complexity index is 1020. The number of hydrogen-bond donors (Lipinski definition) is 0. The first kappa shape index (κ1) is 24.1. The van der Waals surface area contributed by atoms with Crippen LogP contribution in [0.2, 0.25) is 0 Å². The molecule has 0 aliphatic carbocycles. The minimum atomic E-state index is -0.396. The van der Waals surface area contributed by atoms with E-state index in [1.807, 2.05) is 55.4 Å². The Morgan fingerprint density at radius 3 is 2.15 bits per heavy atom. The second-order valence-electron chi connectivity index (χ2n) is 8.06. The molecule has 0 amide bonds. The molecule has 3 rings (SSSR count). The first-order valence-electron chi connectivity index (χ1n) is 11.4. The molecule has 0 heterocycles.